The number of amides is 1. The summed E-state index contributed by atoms with van der Waals surface area (Å²) in [6.45, 7) is 1.79. The maximum Gasteiger partial charge on any atom is 0.227 e. The average molecular weight is 301 g/mol. The summed E-state index contributed by atoms with van der Waals surface area (Å²) in [5, 5.41) is 2.24. The first-order valence-electron chi connectivity index (χ1n) is 7.86. The Labute approximate surface area is 133 Å². The molecule has 0 saturated carbocycles. The van der Waals surface area contributed by atoms with Crippen molar-refractivity contribution < 1.29 is 4.79 Å². The van der Waals surface area contributed by atoms with Crippen molar-refractivity contribution in [2.45, 2.75) is 6.42 Å². The average Bonchev–Trinajstić information content (AvgIpc) is 3.40. The van der Waals surface area contributed by atoms with Gasteiger partial charge in [-0.2, -0.15) is 0 Å². The number of para-hydroxylation sites is 2. The van der Waals surface area contributed by atoms with E-state index in [1.807, 2.05) is 41.6 Å². The number of nitrogens with zero attached hydrogens (tertiary/aromatic N) is 3. The minimum absolute atomic E-state index is 0.212. The lowest BCUT2D eigenvalue weighted by Gasteiger charge is -2.05. The van der Waals surface area contributed by atoms with Crippen LogP contribution in [0.25, 0.3) is 27.3 Å². The maximum absolute atomic E-state index is 12.4. The molecular formula is C19H15N3O. The summed E-state index contributed by atoms with van der Waals surface area (Å²) in [6, 6.07) is 16.4. The summed E-state index contributed by atoms with van der Waals surface area (Å²) in [4.78, 5) is 18.9. The quantitative estimate of drug-likeness (QED) is 0.534. The second-order valence-electron chi connectivity index (χ2n) is 6.03. The van der Waals surface area contributed by atoms with Gasteiger partial charge >= 0.3 is 0 Å². The molecule has 0 aliphatic carbocycles. The molecule has 2 aromatic carbocycles. The van der Waals surface area contributed by atoms with E-state index in [0.717, 1.165) is 46.0 Å². The highest BCUT2D eigenvalue weighted by Crippen LogP contribution is 2.32. The van der Waals surface area contributed by atoms with Crippen LogP contribution in [0.1, 0.15) is 5.56 Å². The molecule has 1 fully saturated rings. The van der Waals surface area contributed by atoms with Crippen LogP contribution in [-0.4, -0.2) is 33.3 Å². The van der Waals surface area contributed by atoms with Crippen molar-refractivity contribution in [1.82, 2.24) is 14.3 Å². The SMILES string of the molecule is O=C(Cc1c2ccccc2n2cnc3ccccc3c12)N1CC1. The van der Waals surface area contributed by atoms with Crippen LogP contribution in [0.15, 0.2) is 54.9 Å². The molecule has 4 heteroatoms. The number of carbonyl (C=O) groups excluding carboxylic acids is 1. The zero-order valence-electron chi connectivity index (χ0n) is 12.6. The van der Waals surface area contributed by atoms with E-state index in [2.05, 4.69) is 27.6 Å². The van der Waals surface area contributed by atoms with Gasteiger partial charge in [-0.15, -0.1) is 0 Å². The predicted molar refractivity (Wildman–Crippen MR) is 90.5 cm³/mol. The van der Waals surface area contributed by atoms with E-state index in [0.29, 0.717) is 6.42 Å². The van der Waals surface area contributed by atoms with Crippen molar-refractivity contribution in [3.8, 4) is 0 Å². The van der Waals surface area contributed by atoms with Gasteiger partial charge in [0, 0.05) is 23.9 Å². The van der Waals surface area contributed by atoms with Crippen LogP contribution >= 0.6 is 0 Å². The van der Waals surface area contributed by atoms with Crippen molar-refractivity contribution in [1.29, 1.82) is 0 Å². The molecule has 112 valence electrons. The number of hydrogen-bond donors (Lipinski definition) is 0. The molecule has 0 radical (unpaired) electrons. The van der Waals surface area contributed by atoms with Crippen LogP contribution in [-0.2, 0) is 11.2 Å². The molecule has 4 aromatic rings. The van der Waals surface area contributed by atoms with Crippen LogP contribution < -0.4 is 0 Å². The van der Waals surface area contributed by atoms with E-state index < -0.39 is 0 Å². The smallest absolute Gasteiger partial charge is 0.227 e. The van der Waals surface area contributed by atoms with Gasteiger partial charge in [0.2, 0.25) is 5.91 Å². The number of hydrogen-bond acceptors (Lipinski definition) is 2. The third-order valence-corrected chi connectivity index (χ3v) is 4.61. The maximum atomic E-state index is 12.4. The standard InChI is InChI=1S/C19H15N3O/c23-18(21-9-10-21)11-15-13-5-2-4-8-17(13)22-12-20-16-7-3-1-6-14(16)19(15)22/h1-8,12H,9-11H2. The summed E-state index contributed by atoms with van der Waals surface area (Å²) < 4.78 is 2.11. The molecule has 0 unspecified atom stereocenters. The number of rotatable bonds is 2. The molecule has 3 heterocycles. The molecule has 23 heavy (non-hydrogen) atoms. The molecule has 5 rings (SSSR count). The Balaban J connectivity index is 1.90. The summed E-state index contributed by atoms with van der Waals surface area (Å²) >= 11 is 0. The fourth-order valence-electron chi connectivity index (χ4n) is 3.39. The van der Waals surface area contributed by atoms with Gasteiger partial charge < -0.3 is 4.90 Å². The number of benzene rings is 2. The second kappa shape index (κ2) is 4.56. The van der Waals surface area contributed by atoms with Gasteiger partial charge in [-0.25, -0.2) is 4.98 Å². The van der Waals surface area contributed by atoms with E-state index in [4.69, 9.17) is 0 Å². The van der Waals surface area contributed by atoms with Crippen molar-refractivity contribution in [2.24, 2.45) is 0 Å². The fourth-order valence-corrected chi connectivity index (χ4v) is 3.39. The molecule has 1 aliphatic heterocycles. The Kier molecular flexibility index (Phi) is 2.50. The topological polar surface area (TPSA) is 37.4 Å². The van der Waals surface area contributed by atoms with Crippen LogP contribution in [0.4, 0.5) is 0 Å². The lowest BCUT2D eigenvalue weighted by atomic mass is 10.1. The Bertz CT molecular complexity index is 1080. The Morgan fingerprint density at radius 3 is 2.57 bits per heavy atom. The number of aromatic nitrogens is 2. The molecule has 0 N–H and O–H groups in total. The fraction of sp³-hybridized carbons (Fsp3) is 0.158. The van der Waals surface area contributed by atoms with E-state index >= 15 is 0 Å². The largest absolute Gasteiger partial charge is 0.339 e. The lowest BCUT2D eigenvalue weighted by molar-refractivity contribution is -0.124. The predicted octanol–water partition coefficient (Wildman–Crippen LogP) is 3.03. The molecule has 0 atom stereocenters. The van der Waals surface area contributed by atoms with E-state index in [9.17, 15) is 4.79 Å². The van der Waals surface area contributed by atoms with Gasteiger partial charge in [-0.05, 0) is 17.7 Å². The summed E-state index contributed by atoms with van der Waals surface area (Å²) in [6.07, 6.45) is 2.32. The van der Waals surface area contributed by atoms with Crippen LogP contribution in [0, 0.1) is 0 Å². The van der Waals surface area contributed by atoms with Gasteiger partial charge in [-0.3, -0.25) is 9.20 Å². The van der Waals surface area contributed by atoms with E-state index in [1.165, 1.54) is 0 Å². The first kappa shape index (κ1) is 12.6. The van der Waals surface area contributed by atoms with Crippen LogP contribution in [0.2, 0.25) is 0 Å². The first-order chi connectivity index (χ1) is 11.3. The first-order valence-corrected chi connectivity index (χ1v) is 7.86. The van der Waals surface area contributed by atoms with E-state index in [1.54, 1.807) is 0 Å². The zero-order chi connectivity index (χ0) is 15.4. The molecule has 0 spiro atoms. The highest BCUT2D eigenvalue weighted by Gasteiger charge is 2.26. The highest BCUT2D eigenvalue weighted by atomic mass is 16.2. The molecule has 2 aromatic heterocycles. The number of carbonyl (C=O) groups is 1. The molecule has 1 aliphatic rings. The molecule has 1 saturated heterocycles. The molecule has 4 nitrogen and oxygen atoms in total. The van der Waals surface area contributed by atoms with Crippen LogP contribution in [0.5, 0.6) is 0 Å². The Hall–Kier alpha value is -2.88. The van der Waals surface area contributed by atoms with Gasteiger partial charge in [0.05, 0.1) is 23.0 Å². The minimum Gasteiger partial charge on any atom is -0.339 e. The van der Waals surface area contributed by atoms with Gasteiger partial charge in [-0.1, -0.05) is 36.4 Å². The third kappa shape index (κ3) is 1.84. The summed E-state index contributed by atoms with van der Waals surface area (Å²) in [5.41, 5.74) is 4.28. The normalized spacial score (nSPS) is 14.0. The molecular weight excluding hydrogens is 286 g/mol. The van der Waals surface area contributed by atoms with Gasteiger partial charge in [0.1, 0.15) is 6.33 Å². The van der Waals surface area contributed by atoms with Crippen molar-refractivity contribution in [3.05, 3.63) is 60.4 Å². The Morgan fingerprint density at radius 1 is 1.00 bits per heavy atom. The second-order valence-corrected chi connectivity index (χ2v) is 6.03. The van der Waals surface area contributed by atoms with Crippen molar-refractivity contribution in [2.75, 3.05) is 13.1 Å². The lowest BCUT2D eigenvalue weighted by Crippen LogP contribution is -2.13. The monoisotopic (exact) mass is 301 g/mol. The molecule has 1 amide bonds. The van der Waals surface area contributed by atoms with Crippen LogP contribution in [0.3, 0.4) is 0 Å². The van der Waals surface area contributed by atoms with Crippen molar-refractivity contribution >= 4 is 33.2 Å². The minimum atomic E-state index is 0.212. The third-order valence-electron chi connectivity index (χ3n) is 4.61. The molecule has 0 bridgehead atoms. The summed E-state index contributed by atoms with van der Waals surface area (Å²) in [5.74, 6) is 0.212. The van der Waals surface area contributed by atoms with Crippen molar-refractivity contribution in [3.63, 3.8) is 0 Å². The highest BCUT2D eigenvalue weighted by molar-refractivity contribution is 6.06. The summed E-state index contributed by atoms with van der Waals surface area (Å²) in [7, 11) is 0. The zero-order valence-corrected chi connectivity index (χ0v) is 12.6. The van der Waals surface area contributed by atoms with Gasteiger partial charge in [0.15, 0.2) is 0 Å². The Morgan fingerprint density at radius 2 is 1.74 bits per heavy atom. The van der Waals surface area contributed by atoms with Gasteiger partial charge in [0.25, 0.3) is 0 Å². The number of fused-ring (bicyclic) bond motifs is 5. The van der Waals surface area contributed by atoms with E-state index in [-0.39, 0.29) is 5.91 Å².